The number of hydrogen-bond donors (Lipinski definition) is 3. The lowest BCUT2D eigenvalue weighted by atomic mass is 10.0. The summed E-state index contributed by atoms with van der Waals surface area (Å²) in [6.45, 7) is 1.88. The third kappa shape index (κ3) is 3.32. The number of halogens is 1. The standard InChI is InChI=1S/C19H18ClN5O2/c1-19(10-12-3-2-4-13(20)9-12)24-17(26)15-6-5-14(18(27)25(15)19)23-16-7-8-21-11-22-16/h2-9,11,17,24,26H,10H2,1H3,(H,21,22,23). The van der Waals surface area contributed by atoms with E-state index in [1.807, 2.05) is 25.1 Å². The van der Waals surface area contributed by atoms with E-state index in [1.165, 1.54) is 6.33 Å². The van der Waals surface area contributed by atoms with Crippen LogP contribution in [0.1, 0.15) is 24.4 Å². The average molecular weight is 384 g/mol. The van der Waals surface area contributed by atoms with Gasteiger partial charge in [-0.25, -0.2) is 9.97 Å². The van der Waals surface area contributed by atoms with Crippen molar-refractivity contribution in [3.63, 3.8) is 0 Å². The Bertz CT molecular complexity index is 1040. The summed E-state index contributed by atoms with van der Waals surface area (Å²) < 4.78 is 1.59. The number of hydrogen-bond acceptors (Lipinski definition) is 6. The number of aliphatic hydroxyl groups excluding tert-OH is 1. The normalized spacial score (nSPS) is 21.1. The van der Waals surface area contributed by atoms with Gasteiger partial charge in [0.15, 0.2) is 0 Å². The molecule has 1 aliphatic heterocycles. The second kappa shape index (κ2) is 6.77. The van der Waals surface area contributed by atoms with Crippen molar-refractivity contribution in [2.45, 2.75) is 25.2 Å². The van der Waals surface area contributed by atoms with Crippen LogP contribution in [0.25, 0.3) is 0 Å². The predicted octanol–water partition coefficient (Wildman–Crippen LogP) is 2.54. The minimum atomic E-state index is -0.935. The number of pyridine rings is 1. The SMILES string of the molecule is CC1(Cc2cccc(Cl)c2)NC(O)c2ccc(Nc3ccncn3)c(=O)n21. The highest BCUT2D eigenvalue weighted by molar-refractivity contribution is 6.30. The smallest absolute Gasteiger partial charge is 0.276 e. The molecule has 0 amide bonds. The zero-order valence-electron chi connectivity index (χ0n) is 14.6. The first-order valence-corrected chi connectivity index (χ1v) is 8.84. The van der Waals surface area contributed by atoms with Crippen LogP contribution in [0.4, 0.5) is 11.5 Å². The van der Waals surface area contributed by atoms with Gasteiger partial charge in [0, 0.05) is 17.6 Å². The van der Waals surface area contributed by atoms with E-state index in [2.05, 4.69) is 20.6 Å². The molecule has 2 atom stereocenters. The first-order valence-electron chi connectivity index (χ1n) is 8.46. The quantitative estimate of drug-likeness (QED) is 0.641. The number of nitrogens with zero attached hydrogens (tertiary/aromatic N) is 3. The molecule has 3 N–H and O–H groups in total. The summed E-state index contributed by atoms with van der Waals surface area (Å²) in [6.07, 6.45) is 2.54. The molecule has 0 bridgehead atoms. The Labute approximate surface area is 160 Å². The molecule has 0 aliphatic carbocycles. The zero-order valence-corrected chi connectivity index (χ0v) is 15.3. The lowest BCUT2D eigenvalue weighted by molar-refractivity contribution is 0.111. The van der Waals surface area contributed by atoms with Gasteiger partial charge in [0.2, 0.25) is 0 Å². The van der Waals surface area contributed by atoms with Gasteiger partial charge in [-0.1, -0.05) is 23.7 Å². The van der Waals surface area contributed by atoms with E-state index in [4.69, 9.17) is 11.6 Å². The van der Waals surface area contributed by atoms with E-state index in [0.717, 1.165) is 5.56 Å². The second-order valence-electron chi connectivity index (χ2n) is 6.66. The maximum Gasteiger partial charge on any atom is 0.276 e. The Kier molecular flexibility index (Phi) is 4.43. The number of rotatable bonds is 4. The highest BCUT2D eigenvalue weighted by atomic mass is 35.5. The molecule has 7 nitrogen and oxygen atoms in total. The van der Waals surface area contributed by atoms with Gasteiger partial charge in [-0.15, -0.1) is 0 Å². The van der Waals surface area contributed by atoms with Crippen molar-refractivity contribution >= 4 is 23.1 Å². The molecular weight excluding hydrogens is 366 g/mol. The van der Waals surface area contributed by atoms with Crippen molar-refractivity contribution in [1.29, 1.82) is 0 Å². The molecule has 27 heavy (non-hydrogen) atoms. The van der Waals surface area contributed by atoms with Crippen molar-refractivity contribution in [1.82, 2.24) is 19.9 Å². The molecule has 3 heterocycles. The predicted molar refractivity (Wildman–Crippen MR) is 103 cm³/mol. The number of nitrogens with one attached hydrogen (secondary N) is 2. The van der Waals surface area contributed by atoms with E-state index in [9.17, 15) is 9.90 Å². The molecule has 1 aliphatic rings. The molecule has 0 fully saturated rings. The van der Waals surface area contributed by atoms with Crippen molar-refractivity contribution < 1.29 is 5.11 Å². The van der Waals surface area contributed by atoms with Gasteiger partial charge in [-0.05, 0) is 42.8 Å². The third-order valence-corrected chi connectivity index (χ3v) is 4.85. The van der Waals surface area contributed by atoms with Crippen LogP contribution in [-0.4, -0.2) is 19.6 Å². The Morgan fingerprint density at radius 1 is 1.33 bits per heavy atom. The van der Waals surface area contributed by atoms with Crippen molar-refractivity contribution in [2.24, 2.45) is 0 Å². The molecule has 0 radical (unpaired) electrons. The average Bonchev–Trinajstić information content (AvgIpc) is 2.89. The first-order chi connectivity index (χ1) is 13.0. The highest BCUT2D eigenvalue weighted by Crippen LogP contribution is 2.31. The molecule has 2 aromatic heterocycles. The van der Waals surface area contributed by atoms with E-state index < -0.39 is 11.9 Å². The molecule has 4 rings (SSSR count). The summed E-state index contributed by atoms with van der Waals surface area (Å²) in [5.74, 6) is 0.519. The Balaban J connectivity index is 1.75. The number of aromatic nitrogens is 3. The zero-order chi connectivity index (χ0) is 19.0. The molecule has 0 saturated heterocycles. The summed E-state index contributed by atoms with van der Waals surface area (Å²) in [4.78, 5) is 21.1. The maximum absolute atomic E-state index is 13.2. The van der Waals surface area contributed by atoms with Gasteiger partial charge in [0.25, 0.3) is 5.56 Å². The van der Waals surface area contributed by atoms with Crippen LogP contribution in [0, 0.1) is 0 Å². The minimum Gasteiger partial charge on any atom is -0.373 e. The minimum absolute atomic E-state index is 0.250. The maximum atomic E-state index is 13.2. The van der Waals surface area contributed by atoms with Gasteiger partial charge < -0.3 is 10.4 Å². The van der Waals surface area contributed by atoms with Crippen molar-refractivity contribution in [3.05, 3.63) is 81.6 Å². The molecule has 3 aromatic rings. The van der Waals surface area contributed by atoms with Gasteiger partial charge >= 0.3 is 0 Å². The van der Waals surface area contributed by atoms with Gasteiger partial charge in [0.05, 0.1) is 5.69 Å². The monoisotopic (exact) mass is 383 g/mol. The summed E-state index contributed by atoms with van der Waals surface area (Å²) in [7, 11) is 0. The third-order valence-electron chi connectivity index (χ3n) is 4.62. The highest BCUT2D eigenvalue weighted by Gasteiger charge is 2.40. The van der Waals surface area contributed by atoms with E-state index in [-0.39, 0.29) is 5.56 Å². The lowest BCUT2D eigenvalue weighted by Crippen LogP contribution is -2.46. The van der Waals surface area contributed by atoms with Crippen molar-refractivity contribution in [2.75, 3.05) is 5.32 Å². The number of benzene rings is 1. The van der Waals surface area contributed by atoms with Gasteiger partial charge in [-0.3, -0.25) is 14.7 Å². The van der Waals surface area contributed by atoms with Crippen molar-refractivity contribution in [3.8, 4) is 0 Å². The second-order valence-corrected chi connectivity index (χ2v) is 7.10. The van der Waals surface area contributed by atoms with Crippen LogP contribution in [0.3, 0.4) is 0 Å². The van der Waals surface area contributed by atoms with Crippen LogP contribution in [0.15, 0.2) is 59.8 Å². The summed E-state index contributed by atoms with van der Waals surface area (Å²) >= 11 is 6.09. The summed E-state index contributed by atoms with van der Waals surface area (Å²) in [5.41, 5.74) is 0.779. The molecule has 0 saturated carbocycles. The Morgan fingerprint density at radius 3 is 2.93 bits per heavy atom. The van der Waals surface area contributed by atoms with Gasteiger partial charge in [0.1, 0.15) is 29.7 Å². The number of anilines is 2. The Morgan fingerprint density at radius 2 is 2.19 bits per heavy atom. The molecular formula is C19H18ClN5O2. The van der Waals surface area contributed by atoms with Crippen LogP contribution in [0.5, 0.6) is 0 Å². The molecule has 2 unspecified atom stereocenters. The van der Waals surface area contributed by atoms with E-state index in [0.29, 0.717) is 28.6 Å². The fourth-order valence-electron chi connectivity index (χ4n) is 3.48. The molecule has 1 aromatic carbocycles. The van der Waals surface area contributed by atoms with Crippen LogP contribution < -0.4 is 16.2 Å². The van der Waals surface area contributed by atoms with E-state index >= 15 is 0 Å². The Hall–Kier alpha value is -2.74. The van der Waals surface area contributed by atoms with Crippen LogP contribution >= 0.6 is 11.6 Å². The number of aliphatic hydroxyl groups is 1. The first kappa shape index (κ1) is 17.7. The number of fused-ring (bicyclic) bond motifs is 1. The van der Waals surface area contributed by atoms with Crippen LogP contribution in [-0.2, 0) is 12.1 Å². The lowest BCUT2D eigenvalue weighted by Gasteiger charge is -2.28. The molecule has 0 spiro atoms. The van der Waals surface area contributed by atoms with E-state index in [1.54, 1.807) is 35.0 Å². The summed E-state index contributed by atoms with van der Waals surface area (Å²) in [6, 6.07) is 12.5. The largest absolute Gasteiger partial charge is 0.373 e. The van der Waals surface area contributed by atoms with Crippen LogP contribution in [0.2, 0.25) is 5.02 Å². The summed E-state index contributed by atoms with van der Waals surface area (Å²) in [5, 5.41) is 17.2. The van der Waals surface area contributed by atoms with Gasteiger partial charge in [-0.2, -0.15) is 0 Å². The topological polar surface area (TPSA) is 92.1 Å². The fraction of sp³-hybridized carbons (Fsp3) is 0.211. The fourth-order valence-corrected chi connectivity index (χ4v) is 3.69. The molecule has 8 heteroatoms. The molecule has 138 valence electrons.